The van der Waals surface area contributed by atoms with Gasteiger partial charge in [0.05, 0.1) is 6.54 Å². The average Bonchev–Trinajstić information content (AvgIpc) is 2.81. The van der Waals surface area contributed by atoms with Crippen LogP contribution in [0, 0.1) is 0 Å². The second-order valence-corrected chi connectivity index (χ2v) is 4.77. The van der Waals surface area contributed by atoms with Crippen molar-refractivity contribution >= 4 is 5.95 Å². The summed E-state index contributed by atoms with van der Waals surface area (Å²) in [4.78, 5) is 14.2. The predicted molar refractivity (Wildman–Crippen MR) is 71.7 cm³/mol. The molecule has 0 fully saturated rings. The van der Waals surface area contributed by atoms with Gasteiger partial charge in [-0.3, -0.25) is 0 Å². The first-order chi connectivity index (χ1) is 9.85. The van der Waals surface area contributed by atoms with Gasteiger partial charge < -0.3 is 9.47 Å². The molecular weight excluding hydrogens is 283 g/mol. The minimum atomic E-state index is -4.18. The van der Waals surface area contributed by atoms with E-state index in [9.17, 15) is 13.2 Å². The van der Waals surface area contributed by atoms with Gasteiger partial charge in [0, 0.05) is 44.8 Å². The summed E-state index contributed by atoms with van der Waals surface area (Å²) in [6.45, 7) is 0.478. The molecule has 2 aromatic heterocycles. The third kappa shape index (κ3) is 4.44. The summed E-state index contributed by atoms with van der Waals surface area (Å²) < 4.78 is 38.6. The second-order valence-electron chi connectivity index (χ2n) is 4.77. The number of hydrogen-bond acceptors (Lipinski definition) is 4. The molecule has 0 aliphatic rings. The molecule has 8 heteroatoms. The average molecular weight is 299 g/mol. The van der Waals surface area contributed by atoms with Gasteiger partial charge in [-0.1, -0.05) is 0 Å². The standard InChI is InChI=1S/C13H16F3N5/c1-20-8-7-17-11(20)9-21(2)12-18-6-4-10(19-12)3-5-13(14,15)16/h4,6-8H,3,5,9H2,1-2H3. The van der Waals surface area contributed by atoms with Gasteiger partial charge in [0.1, 0.15) is 5.82 Å². The summed E-state index contributed by atoms with van der Waals surface area (Å²) in [6.07, 6.45) is -0.220. The number of anilines is 1. The molecular formula is C13H16F3N5. The van der Waals surface area contributed by atoms with Crippen LogP contribution in [-0.4, -0.2) is 32.7 Å². The normalized spacial score (nSPS) is 11.7. The Morgan fingerprint density at radius 1 is 1.24 bits per heavy atom. The second kappa shape index (κ2) is 6.11. The van der Waals surface area contributed by atoms with Gasteiger partial charge in [0.2, 0.25) is 5.95 Å². The molecule has 0 unspecified atom stereocenters. The number of imidazole rings is 1. The molecule has 0 atom stereocenters. The molecule has 2 aromatic rings. The summed E-state index contributed by atoms with van der Waals surface area (Å²) in [5, 5.41) is 0. The molecule has 5 nitrogen and oxygen atoms in total. The lowest BCUT2D eigenvalue weighted by molar-refractivity contribution is -0.134. The Bertz CT molecular complexity index is 593. The Kier molecular flexibility index (Phi) is 4.44. The first kappa shape index (κ1) is 15.3. The Labute approximate surface area is 120 Å². The highest BCUT2D eigenvalue weighted by Gasteiger charge is 2.26. The van der Waals surface area contributed by atoms with E-state index in [0.717, 1.165) is 5.82 Å². The van der Waals surface area contributed by atoms with Gasteiger partial charge in [-0.05, 0) is 12.5 Å². The zero-order valence-electron chi connectivity index (χ0n) is 11.8. The lowest BCUT2D eigenvalue weighted by Gasteiger charge is -2.17. The van der Waals surface area contributed by atoms with Crippen LogP contribution in [-0.2, 0) is 20.0 Å². The molecule has 0 aromatic carbocycles. The smallest absolute Gasteiger partial charge is 0.337 e. The van der Waals surface area contributed by atoms with Gasteiger partial charge in [-0.25, -0.2) is 15.0 Å². The van der Waals surface area contributed by atoms with Crippen molar-refractivity contribution in [2.75, 3.05) is 11.9 Å². The van der Waals surface area contributed by atoms with Gasteiger partial charge in [0.15, 0.2) is 0 Å². The molecule has 21 heavy (non-hydrogen) atoms. The van der Waals surface area contributed by atoms with Gasteiger partial charge in [0.25, 0.3) is 0 Å². The Morgan fingerprint density at radius 3 is 2.62 bits per heavy atom. The molecule has 0 spiro atoms. The summed E-state index contributed by atoms with van der Waals surface area (Å²) >= 11 is 0. The third-order valence-electron chi connectivity index (χ3n) is 3.01. The van der Waals surface area contributed by atoms with Crippen molar-refractivity contribution in [1.29, 1.82) is 0 Å². The maximum absolute atomic E-state index is 12.2. The number of halogens is 3. The summed E-state index contributed by atoms with van der Waals surface area (Å²) in [5.41, 5.74) is 0.379. The number of hydrogen-bond donors (Lipinski definition) is 0. The van der Waals surface area contributed by atoms with Crippen molar-refractivity contribution in [1.82, 2.24) is 19.5 Å². The molecule has 0 N–H and O–H groups in total. The van der Waals surface area contributed by atoms with Crippen LogP contribution in [0.5, 0.6) is 0 Å². The highest BCUT2D eigenvalue weighted by atomic mass is 19.4. The highest BCUT2D eigenvalue weighted by molar-refractivity contribution is 5.29. The summed E-state index contributed by atoms with van der Waals surface area (Å²) in [5.74, 6) is 1.21. The third-order valence-corrected chi connectivity index (χ3v) is 3.01. The summed E-state index contributed by atoms with van der Waals surface area (Å²) in [7, 11) is 3.65. The lowest BCUT2D eigenvalue weighted by Crippen LogP contribution is -2.21. The van der Waals surface area contributed by atoms with Crippen LogP contribution in [0.25, 0.3) is 0 Å². The van der Waals surface area contributed by atoms with E-state index in [2.05, 4.69) is 15.0 Å². The quantitative estimate of drug-likeness (QED) is 0.850. The fraction of sp³-hybridized carbons (Fsp3) is 0.462. The molecule has 0 aliphatic heterocycles. The van der Waals surface area contributed by atoms with Crippen LogP contribution < -0.4 is 4.90 Å². The van der Waals surface area contributed by atoms with E-state index in [1.165, 1.54) is 12.3 Å². The van der Waals surface area contributed by atoms with E-state index < -0.39 is 12.6 Å². The first-order valence-corrected chi connectivity index (χ1v) is 6.41. The molecule has 2 rings (SSSR count). The van der Waals surface area contributed by atoms with Crippen molar-refractivity contribution in [3.8, 4) is 0 Å². The number of nitrogens with zero attached hydrogens (tertiary/aromatic N) is 5. The van der Waals surface area contributed by atoms with E-state index in [1.54, 1.807) is 18.1 Å². The molecule has 0 bridgehead atoms. The Morgan fingerprint density at radius 2 is 2.00 bits per heavy atom. The predicted octanol–water partition coefficient (Wildman–Crippen LogP) is 2.34. The fourth-order valence-corrected chi connectivity index (χ4v) is 1.81. The minimum absolute atomic E-state index is 0.144. The van der Waals surface area contributed by atoms with Crippen LogP contribution in [0.15, 0.2) is 24.7 Å². The van der Waals surface area contributed by atoms with Gasteiger partial charge in [-0.15, -0.1) is 0 Å². The van der Waals surface area contributed by atoms with E-state index in [4.69, 9.17) is 0 Å². The number of alkyl halides is 3. The number of rotatable bonds is 5. The monoisotopic (exact) mass is 299 g/mol. The minimum Gasteiger partial charge on any atom is -0.337 e. The van der Waals surface area contributed by atoms with Crippen molar-refractivity contribution in [2.24, 2.45) is 7.05 Å². The van der Waals surface area contributed by atoms with Crippen molar-refractivity contribution in [2.45, 2.75) is 25.6 Å². The fourth-order valence-electron chi connectivity index (χ4n) is 1.81. The first-order valence-electron chi connectivity index (χ1n) is 6.41. The summed E-state index contributed by atoms with van der Waals surface area (Å²) in [6, 6.07) is 1.50. The zero-order chi connectivity index (χ0) is 15.5. The van der Waals surface area contributed by atoms with Crippen molar-refractivity contribution in [3.63, 3.8) is 0 Å². The Hall–Kier alpha value is -2.12. The topological polar surface area (TPSA) is 46.8 Å². The van der Waals surface area contributed by atoms with E-state index >= 15 is 0 Å². The van der Waals surface area contributed by atoms with Crippen molar-refractivity contribution < 1.29 is 13.2 Å². The maximum Gasteiger partial charge on any atom is 0.389 e. The zero-order valence-corrected chi connectivity index (χ0v) is 11.8. The van der Waals surface area contributed by atoms with Crippen LogP contribution in [0.4, 0.5) is 19.1 Å². The van der Waals surface area contributed by atoms with Crippen LogP contribution in [0.3, 0.4) is 0 Å². The van der Waals surface area contributed by atoms with Gasteiger partial charge >= 0.3 is 6.18 Å². The molecule has 114 valence electrons. The maximum atomic E-state index is 12.2. The highest BCUT2D eigenvalue weighted by Crippen LogP contribution is 2.21. The van der Waals surface area contributed by atoms with E-state index in [1.807, 2.05) is 17.8 Å². The molecule has 0 radical (unpaired) electrons. The van der Waals surface area contributed by atoms with Gasteiger partial charge in [-0.2, -0.15) is 13.2 Å². The molecule has 2 heterocycles. The number of aromatic nitrogens is 4. The molecule has 0 aliphatic carbocycles. The number of aryl methyl sites for hydroxylation is 2. The van der Waals surface area contributed by atoms with Crippen LogP contribution in [0.2, 0.25) is 0 Å². The lowest BCUT2D eigenvalue weighted by atomic mass is 10.2. The van der Waals surface area contributed by atoms with Crippen LogP contribution in [0.1, 0.15) is 17.9 Å². The molecule has 0 saturated carbocycles. The van der Waals surface area contributed by atoms with E-state index in [-0.39, 0.29) is 6.42 Å². The van der Waals surface area contributed by atoms with E-state index in [0.29, 0.717) is 18.2 Å². The van der Waals surface area contributed by atoms with Crippen molar-refractivity contribution in [3.05, 3.63) is 36.2 Å². The Balaban J connectivity index is 2.04. The molecule has 0 amide bonds. The largest absolute Gasteiger partial charge is 0.389 e. The van der Waals surface area contributed by atoms with Crippen LogP contribution >= 0.6 is 0 Å². The SMILES string of the molecule is CN(Cc1nccn1C)c1nccc(CCC(F)(F)F)n1. The molecule has 0 saturated heterocycles.